The zero-order chi connectivity index (χ0) is 29.2. The minimum Gasteiger partial charge on any atom is -0.478 e. The molecular formula is C32H34ClNO5S. The van der Waals surface area contributed by atoms with Gasteiger partial charge in [-0.15, -0.1) is 11.8 Å². The molecule has 4 rings (SSSR count). The third-order valence-corrected chi connectivity index (χ3v) is 8.43. The number of benzene rings is 3. The molecule has 0 aliphatic carbocycles. The van der Waals surface area contributed by atoms with Crippen molar-refractivity contribution >= 4 is 41.0 Å². The molecule has 1 N–H and O–H groups in total. The average Bonchev–Trinajstić information content (AvgIpc) is 3.37. The van der Waals surface area contributed by atoms with Gasteiger partial charge in [0.25, 0.3) is 0 Å². The molecule has 2 atom stereocenters. The Labute approximate surface area is 244 Å². The molecule has 1 amide bonds. The van der Waals surface area contributed by atoms with E-state index in [-0.39, 0.29) is 24.0 Å². The topological polar surface area (TPSA) is 83.9 Å². The standard InChI is InChI=1S/C32H34ClNO5S/c1-19-14-23(15-20(2)30(19)39-32(3,4)31(37)38)26-17-34(28(35)16-21-6-10-24(33)11-7-21)18-27(26)29(36)22-8-12-25(40-5)13-9-22/h6-15,26-27H,16-18H2,1-5H3,(H,37,38)/t26-,27+/m0/s1. The Kier molecular flexibility index (Phi) is 8.96. The van der Waals surface area contributed by atoms with Crippen LogP contribution in [0.4, 0.5) is 0 Å². The lowest BCUT2D eigenvalue weighted by atomic mass is 9.82. The molecule has 0 radical (unpaired) electrons. The fraction of sp³-hybridized carbons (Fsp3) is 0.344. The summed E-state index contributed by atoms with van der Waals surface area (Å²) >= 11 is 7.62. The van der Waals surface area contributed by atoms with Gasteiger partial charge in [-0.05, 0) is 80.5 Å². The first-order chi connectivity index (χ1) is 18.9. The predicted molar refractivity (Wildman–Crippen MR) is 159 cm³/mol. The number of hydrogen-bond acceptors (Lipinski definition) is 5. The number of nitrogens with zero attached hydrogens (tertiary/aromatic N) is 1. The van der Waals surface area contributed by atoms with Crippen molar-refractivity contribution < 1.29 is 24.2 Å². The molecule has 6 nitrogen and oxygen atoms in total. The third-order valence-electron chi connectivity index (χ3n) is 7.44. The lowest BCUT2D eigenvalue weighted by Crippen LogP contribution is -2.38. The number of rotatable bonds is 9. The first-order valence-corrected chi connectivity index (χ1v) is 14.7. The maximum atomic E-state index is 13.8. The van der Waals surface area contributed by atoms with Crippen LogP contribution in [0.1, 0.15) is 52.4 Å². The van der Waals surface area contributed by atoms with Gasteiger partial charge in [0.2, 0.25) is 5.91 Å². The van der Waals surface area contributed by atoms with Gasteiger partial charge in [0.15, 0.2) is 11.4 Å². The molecular weight excluding hydrogens is 546 g/mol. The lowest BCUT2D eigenvalue weighted by Gasteiger charge is -2.26. The molecule has 1 aliphatic heterocycles. The second kappa shape index (κ2) is 12.1. The number of amides is 1. The number of ether oxygens (including phenoxy) is 1. The zero-order valence-electron chi connectivity index (χ0n) is 23.4. The molecule has 0 unspecified atom stereocenters. The number of carboxylic acid groups (broad SMARTS) is 1. The van der Waals surface area contributed by atoms with Crippen molar-refractivity contribution in [3.05, 3.63) is 93.5 Å². The summed E-state index contributed by atoms with van der Waals surface area (Å²) in [5.41, 5.74) is 2.59. The van der Waals surface area contributed by atoms with Gasteiger partial charge in [-0.3, -0.25) is 9.59 Å². The van der Waals surface area contributed by atoms with Crippen molar-refractivity contribution in [1.29, 1.82) is 0 Å². The highest BCUT2D eigenvalue weighted by molar-refractivity contribution is 7.98. The van der Waals surface area contributed by atoms with Crippen LogP contribution in [0.3, 0.4) is 0 Å². The molecule has 1 heterocycles. The van der Waals surface area contributed by atoms with Crippen LogP contribution in [-0.2, 0) is 16.0 Å². The Bertz CT molecular complexity index is 1400. The normalized spacial score (nSPS) is 17.1. The summed E-state index contributed by atoms with van der Waals surface area (Å²) in [6, 6.07) is 18.7. The SMILES string of the molecule is CSc1ccc(C(=O)[C@@H]2CN(C(=O)Cc3ccc(Cl)cc3)C[C@H]2c2cc(C)c(OC(C)(C)C(=O)O)c(C)c2)cc1. The number of aliphatic carboxylic acids is 1. The van der Waals surface area contributed by atoms with Gasteiger partial charge in [-0.1, -0.05) is 48.0 Å². The van der Waals surface area contributed by atoms with Gasteiger partial charge < -0.3 is 14.7 Å². The monoisotopic (exact) mass is 579 g/mol. The Hall–Kier alpha value is -3.29. The molecule has 0 aromatic heterocycles. The molecule has 1 aliphatic rings. The van der Waals surface area contributed by atoms with E-state index in [1.807, 2.05) is 68.6 Å². The smallest absolute Gasteiger partial charge is 0.347 e. The Morgan fingerprint density at radius 1 is 1.00 bits per heavy atom. The van der Waals surface area contributed by atoms with Crippen LogP contribution in [0.2, 0.25) is 5.02 Å². The fourth-order valence-corrected chi connectivity index (χ4v) is 5.66. The first kappa shape index (κ1) is 29.7. The van der Waals surface area contributed by atoms with E-state index in [1.165, 1.54) is 13.8 Å². The van der Waals surface area contributed by atoms with E-state index in [0.29, 0.717) is 29.4 Å². The number of hydrogen-bond donors (Lipinski definition) is 1. The van der Waals surface area contributed by atoms with Gasteiger partial charge in [-0.25, -0.2) is 4.79 Å². The second-order valence-electron chi connectivity index (χ2n) is 10.8. The zero-order valence-corrected chi connectivity index (χ0v) is 24.9. The highest BCUT2D eigenvalue weighted by Gasteiger charge is 2.41. The van der Waals surface area contributed by atoms with Crippen LogP contribution >= 0.6 is 23.4 Å². The second-order valence-corrected chi connectivity index (χ2v) is 12.1. The number of carboxylic acids is 1. The quantitative estimate of drug-likeness (QED) is 0.227. The van der Waals surface area contributed by atoms with Crippen LogP contribution < -0.4 is 4.74 Å². The van der Waals surface area contributed by atoms with Crippen molar-refractivity contribution in [2.45, 2.75) is 50.5 Å². The van der Waals surface area contributed by atoms with E-state index < -0.39 is 17.5 Å². The largest absolute Gasteiger partial charge is 0.478 e. The summed E-state index contributed by atoms with van der Waals surface area (Å²) in [5, 5.41) is 10.2. The van der Waals surface area contributed by atoms with E-state index in [1.54, 1.807) is 28.8 Å². The molecule has 1 saturated heterocycles. The van der Waals surface area contributed by atoms with Crippen LogP contribution in [0.5, 0.6) is 5.75 Å². The number of carbonyl (C=O) groups is 3. The van der Waals surface area contributed by atoms with Crippen molar-refractivity contribution in [3.8, 4) is 5.75 Å². The maximum Gasteiger partial charge on any atom is 0.347 e. The number of Topliss-reactive ketones (excluding diaryl/α,β-unsaturated/α-hetero) is 1. The van der Waals surface area contributed by atoms with Crippen molar-refractivity contribution in [2.24, 2.45) is 5.92 Å². The van der Waals surface area contributed by atoms with Crippen LogP contribution in [0.25, 0.3) is 0 Å². The molecule has 3 aromatic rings. The summed E-state index contributed by atoms with van der Waals surface area (Å²) in [6.45, 7) is 7.51. The highest BCUT2D eigenvalue weighted by Crippen LogP contribution is 2.39. The van der Waals surface area contributed by atoms with Gasteiger partial charge in [0, 0.05) is 40.4 Å². The molecule has 210 valence electrons. The maximum absolute atomic E-state index is 13.8. The number of carbonyl (C=O) groups excluding carboxylic acids is 2. The molecule has 3 aromatic carbocycles. The van der Waals surface area contributed by atoms with Gasteiger partial charge in [0.05, 0.1) is 6.42 Å². The summed E-state index contributed by atoms with van der Waals surface area (Å²) in [4.78, 5) is 41.7. The third kappa shape index (κ3) is 6.53. The number of aryl methyl sites for hydroxylation is 2. The van der Waals surface area contributed by atoms with Crippen LogP contribution in [-0.4, -0.2) is 52.6 Å². The molecule has 1 fully saturated rings. The van der Waals surface area contributed by atoms with E-state index in [2.05, 4.69) is 0 Å². The van der Waals surface area contributed by atoms with E-state index in [9.17, 15) is 19.5 Å². The summed E-state index contributed by atoms with van der Waals surface area (Å²) in [6.07, 6.45) is 2.21. The number of ketones is 1. The highest BCUT2D eigenvalue weighted by atomic mass is 35.5. The van der Waals surface area contributed by atoms with Crippen LogP contribution in [0.15, 0.2) is 65.6 Å². The summed E-state index contributed by atoms with van der Waals surface area (Å²) in [7, 11) is 0. The predicted octanol–water partition coefficient (Wildman–Crippen LogP) is 6.59. The molecule has 0 spiro atoms. The number of thioether (sulfide) groups is 1. The minimum absolute atomic E-state index is 0.00193. The van der Waals surface area contributed by atoms with Crippen molar-refractivity contribution in [3.63, 3.8) is 0 Å². The fourth-order valence-electron chi connectivity index (χ4n) is 5.13. The van der Waals surface area contributed by atoms with Gasteiger partial charge >= 0.3 is 5.97 Å². The minimum atomic E-state index is -1.39. The summed E-state index contributed by atoms with van der Waals surface area (Å²) in [5.74, 6) is -1.23. The molecule has 8 heteroatoms. The van der Waals surface area contributed by atoms with Crippen LogP contribution in [0, 0.1) is 19.8 Å². The first-order valence-electron chi connectivity index (χ1n) is 13.1. The number of halogens is 1. The van der Waals surface area contributed by atoms with E-state index in [0.717, 1.165) is 27.1 Å². The summed E-state index contributed by atoms with van der Waals surface area (Å²) < 4.78 is 5.90. The molecule has 0 saturated carbocycles. The number of likely N-dealkylation sites (tertiary alicyclic amines) is 1. The Balaban J connectivity index is 1.66. The van der Waals surface area contributed by atoms with E-state index >= 15 is 0 Å². The molecule has 40 heavy (non-hydrogen) atoms. The lowest BCUT2D eigenvalue weighted by molar-refractivity contribution is -0.152. The van der Waals surface area contributed by atoms with Crippen molar-refractivity contribution in [2.75, 3.05) is 19.3 Å². The Morgan fingerprint density at radius 2 is 1.60 bits per heavy atom. The Morgan fingerprint density at radius 3 is 2.15 bits per heavy atom. The van der Waals surface area contributed by atoms with Crippen molar-refractivity contribution in [1.82, 2.24) is 4.90 Å². The molecule has 0 bridgehead atoms. The van der Waals surface area contributed by atoms with Gasteiger partial charge in [-0.2, -0.15) is 0 Å². The van der Waals surface area contributed by atoms with Gasteiger partial charge in [0.1, 0.15) is 5.75 Å². The van der Waals surface area contributed by atoms with E-state index in [4.69, 9.17) is 16.3 Å². The average molecular weight is 580 g/mol.